The summed E-state index contributed by atoms with van der Waals surface area (Å²) in [5, 5.41) is 3.50. The lowest BCUT2D eigenvalue weighted by Crippen LogP contribution is -2.15. The van der Waals surface area contributed by atoms with E-state index in [0.29, 0.717) is 6.04 Å². The van der Waals surface area contributed by atoms with Gasteiger partial charge in [-0.15, -0.1) is 0 Å². The van der Waals surface area contributed by atoms with Gasteiger partial charge in [-0.2, -0.15) is 0 Å². The first-order valence-corrected chi connectivity index (χ1v) is 8.55. The largest absolute Gasteiger partial charge is 0.352 e. The molecule has 0 spiro atoms. The van der Waals surface area contributed by atoms with Gasteiger partial charge in [-0.1, -0.05) is 47.3 Å². The Morgan fingerprint density at radius 1 is 1.19 bits per heavy atom. The lowest BCUT2D eigenvalue weighted by molar-refractivity contribution is 0.355. The highest BCUT2D eigenvalue weighted by Gasteiger charge is 2.18. The number of nitrogens with one attached hydrogen (secondary N) is 1. The van der Waals surface area contributed by atoms with Crippen LogP contribution in [0.3, 0.4) is 0 Å². The Morgan fingerprint density at radius 3 is 2.62 bits per heavy atom. The van der Waals surface area contributed by atoms with Crippen molar-refractivity contribution in [2.24, 2.45) is 0 Å². The van der Waals surface area contributed by atoms with Gasteiger partial charge in [0.15, 0.2) is 0 Å². The Labute approximate surface area is 134 Å². The van der Waals surface area contributed by atoms with Gasteiger partial charge in [-0.3, -0.25) is 0 Å². The van der Waals surface area contributed by atoms with Gasteiger partial charge in [0.25, 0.3) is 0 Å². The maximum absolute atomic E-state index is 4.66. The number of aromatic nitrogens is 2. The zero-order valence-electron chi connectivity index (χ0n) is 12.5. The van der Waals surface area contributed by atoms with Crippen molar-refractivity contribution < 1.29 is 0 Å². The Morgan fingerprint density at radius 2 is 1.90 bits per heavy atom. The number of rotatable bonds is 4. The fraction of sp³-hybridized carbons (Fsp3) is 0.471. The van der Waals surface area contributed by atoms with Crippen molar-refractivity contribution in [1.82, 2.24) is 9.55 Å². The molecule has 4 heteroatoms. The van der Waals surface area contributed by atoms with Gasteiger partial charge in [-0.25, -0.2) is 4.98 Å². The molecule has 1 aromatic carbocycles. The first-order chi connectivity index (χ1) is 10.2. The molecule has 3 nitrogen and oxygen atoms in total. The second-order valence-electron chi connectivity index (χ2n) is 5.89. The summed E-state index contributed by atoms with van der Waals surface area (Å²) in [5.74, 6) is 1.02. The molecule has 1 aliphatic carbocycles. The van der Waals surface area contributed by atoms with E-state index in [4.69, 9.17) is 0 Å². The van der Waals surface area contributed by atoms with Crippen molar-refractivity contribution in [2.45, 2.75) is 51.6 Å². The zero-order chi connectivity index (χ0) is 14.7. The van der Waals surface area contributed by atoms with Crippen molar-refractivity contribution in [2.75, 3.05) is 5.32 Å². The second kappa shape index (κ2) is 6.65. The summed E-state index contributed by atoms with van der Waals surface area (Å²) in [5.41, 5.74) is 2.37. The first kappa shape index (κ1) is 14.6. The molecule has 1 aliphatic rings. The van der Waals surface area contributed by atoms with Crippen LogP contribution in [-0.4, -0.2) is 9.55 Å². The quantitative estimate of drug-likeness (QED) is 0.836. The van der Waals surface area contributed by atoms with Gasteiger partial charge in [-0.05, 0) is 37.5 Å². The van der Waals surface area contributed by atoms with Crippen LogP contribution in [0.5, 0.6) is 0 Å². The highest BCUT2D eigenvalue weighted by Crippen LogP contribution is 2.30. The van der Waals surface area contributed by atoms with E-state index in [1.54, 1.807) is 0 Å². The molecule has 0 atom stereocenters. The van der Waals surface area contributed by atoms with Crippen LogP contribution in [0.2, 0.25) is 0 Å². The number of hydrogen-bond acceptors (Lipinski definition) is 2. The van der Waals surface area contributed by atoms with Crippen LogP contribution >= 0.6 is 15.9 Å². The molecule has 2 aromatic rings. The Balaban J connectivity index is 1.71. The van der Waals surface area contributed by atoms with E-state index in [9.17, 15) is 0 Å². The van der Waals surface area contributed by atoms with E-state index in [0.717, 1.165) is 22.7 Å². The smallest absolute Gasteiger partial charge is 0.203 e. The van der Waals surface area contributed by atoms with Gasteiger partial charge in [0.1, 0.15) is 0 Å². The summed E-state index contributed by atoms with van der Waals surface area (Å²) in [6, 6.07) is 9.05. The van der Waals surface area contributed by atoms with Crippen molar-refractivity contribution in [3.05, 3.63) is 46.2 Å². The maximum atomic E-state index is 4.66. The Kier molecular flexibility index (Phi) is 4.63. The summed E-state index contributed by atoms with van der Waals surface area (Å²) in [4.78, 5) is 4.66. The number of hydrogen-bond donors (Lipinski definition) is 1. The SMILES string of the molecule is Cc1cn(C2CCCCC2)c(NCc2ccc(Br)cc2)n1. The summed E-state index contributed by atoms with van der Waals surface area (Å²) in [6.45, 7) is 2.89. The van der Waals surface area contributed by atoms with E-state index in [2.05, 4.69) is 68.2 Å². The van der Waals surface area contributed by atoms with Crippen molar-refractivity contribution in [3.8, 4) is 0 Å². The van der Waals surface area contributed by atoms with Crippen LogP contribution in [0.25, 0.3) is 0 Å². The number of anilines is 1. The molecule has 3 rings (SSSR count). The summed E-state index contributed by atoms with van der Waals surface area (Å²) >= 11 is 3.47. The summed E-state index contributed by atoms with van der Waals surface area (Å²) < 4.78 is 3.47. The van der Waals surface area contributed by atoms with E-state index < -0.39 is 0 Å². The summed E-state index contributed by atoms with van der Waals surface area (Å²) in [6.07, 6.45) is 8.82. The van der Waals surface area contributed by atoms with Gasteiger partial charge in [0.05, 0.1) is 5.69 Å². The number of nitrogens with zero attached hydrogens (tertiary/aromatic N) is 2. The minimum atomic E-state index is 0.618. The lowest BCUT2D eigenvalue weighted by atomic mass is 9.95. The second-order valence-corrected chi connectivity index (χ2v) is 6.80. The van der Waals surface area contributed by atoms with Gasteiger partial charge < -0.3 is 9.88 Å². The average Bonchev–Trinajstić information content (AvgIpc) is 2.89. The van der Waals surface area contributed by atoms with E-state index in [1.807, 2.05) is 0 Å². The number of imidazole rings is 1. The van der Waals surface area contributed by atoms with Crippen molar-refractivity contribution >= 4 is 21.9 Å². The highest BCUT2D eigenvalue weighted by molar-refractivity contribution is 9.10. The van der Waals surface area contributed by atoms with Gasteiger partial charge in [0, 0.05) is 23.3 Å². The lowest BCUT2D eigenvalue weighted by Gasteiger charge is -2.24. The fourth-order valence-electron chi connectivity index (χ4n) is 3.07. The standard InChI is InChI=1S/C17H22BrN3/c1-13-12-21(16-5-3-2-4-6-16)17(20-13)19-11-14-7-9-15(18)10-8-14/h7-10,12,16H,2-6,11H2,1H3,(H,19,20). The van der Waals surface area contributed by atoms with Crippen molar-refractivity contribution in [1.29, 1.82) is 0 Å². The van der Waals surface area contributed by atoms with E-state index >= 15 is 0 Å². The molecule has 1 fully saturated rings. The van der Waals surface area contributed by atoms with Crippen LogP contribution in [0.1, 0.15) is 49.4 Å². The van der Waals surface area contributed by atoms with E-state index in [-0.39, 0.29) is 0 Å². The summed E-state index contributed by atoms with van der Waals surface area (Å²) in [7, 11) is 0. The molecule has 0 radical (unpaired) electrons. The van der Waals surface area contributed by atoms with Crippen LogP contribution in [0.15, 0.2) is 34.9 Å². The molecule has 21 heavy (non-hydrogen) atoms. The van der Waals surface area contributed by atoms with Crippen molar-refractivity contribution in [3.63, 3.8) is 0 Å². The molecule has 0 amide bonds. The maximum Gasteiger partial charge on any atom is 0.203 e. The topological polar surface area (TPSA) is 29.9 Å². The molecule has 112 valence electrons. The monoisotopic (exact) mass is 347 g/mol. The molecule has 0 saturated heterocycles. The fourth-order valence-corrected chi connectivity index (χ4v) is 3.33. The molecular weight excluding hydrogens is 326 g/mol. The average molecular weight is 348 g/mol. The van der Waals surface area contributed by atoms with Gasteiger partial charge >= 0.3 is 0 Å². The Hall–Kier alpha value is -1.29. The third kappa shape index (κ3) is 3.67. The molecule has 0 unspecified atom stereocenters. The minimum absolute atomic E-state index is 0.618. The highest BCUT2D eigenvalue weighted by atomic mass is 79.9. The van der Waals surface area contributed by atoms with E-state index in [1.165, 1.54) is 37.7 Å². The molecule has 1 heterocycles. The van der Waals surface area contributed by atoms with Gasteiger partial charge in [0.2, 0.25) is 5.95 Å². The normalized spacial score (nSPS) is 16.1. The Bertz CT molecular complexity index is 583. The first-order valence-electron chi connectivity index (χ1n) is 7.76. The van der Waals surface area contributed by atoms with Crippen LogP contribution in [0.4, 0.5) is 5.95 Å². The molecule has 1 N–H and O–H groups in total. The molecule has 0 aliphatic heterocycles. The molecule has 0 bridgehead atoms. The predicted molar refractivity (Wildman–Crippen MR) is 90.6 cm³/mol. The molecule has 1 saturated carbocycles. The zero-order valence-corrected chi connectivity index (χ0v) is 14.1. The van der Waals surface area contributed by atoms with Crippen LogP contribution in [0, 0.1) is 6.92 Å². The predicted octanol–water partition coefficient (Wildman–Crippen LogP) is 5.07. The molecular formula is C17H22BrN3. The third-order valence-corrected chi connectivity index (χ3v) is 4.71. The number of aryl methyl sites for hydroxylation is 1. The minimum Gasteiger partial charge on any atom is -0.352 e. The van der Waals surface area contributed by atoms with Crippen LogP contribution < -0.4 is 5.32 Å². The molecule has 1 aromatic heterocycles. The number of benzene rings is 1. The number of halogens is 1. The van der Waals surface area contributed by atoms with Crippen LogP contribution in [-0.2, 0) is 6.54 Å². The third-order valence-electron chi connectivity index (χ3n) is 4.18.